The molecule has 0 spiro atoms. The minimum atomic E-state index is -3.22. The van der Waals surface area contributed by atoms with Crippen molar-refractivity contribution < 1.29 is 8.42 Å². The summed E-state index contributed by atoms with van der Waals surface area (Å²) in [5.74, 6) is 0.153. The summed E-state index contributed by atoms with van der Waals surface area (Å²) in [5.41, 5.74) is 6.15. The van der Waals surface area contributed by atoms with Crippen molar-refractivity contribution in [2.24, 2.45) is 11.1 Å². The quantitative estimate of drug-likeness (QED) is 0.877. The zero-order chi connectivity index (χ0) is 15.7. The first-order valence-corrected chi connectivity index (χ1v) is 9.61. The summed E-state index contributed by atoms with van der Waals surface area (Å²) in [6.45, 7) is 6.58. The Bertz CT molecular complexity index is 584. The van der Waals surface area contributed by atoms with Crippen LogP contribution in [-0.2, 0) is 9.84 Å². The van der Waals surface area contributed by atoms with E-state index in [0.717, 1.165) is 24.0 Å². The van der Waals surface area contributed by atoms with E-state index in [1.165, 1.54) is 0 Å². The minimum absolute atomic E-state index is 0.0413. The summed E-state index contributed by atoms with van der Waals surface area (Å²) in [6.07, 6.45) is 0.922. The first kappa shape index (κ1) is 16.9. The molecule has 4 nitrogen and oxygen atoms in total. The van der Waals surface area contributed by atoms with Gasteiger partial charge < -0.3 is 10.6 Å². The summed E-state index contributed by atoms with van der Waals surface area (Å²) < 4.78 is 25.6. The fourth-order valence-electron chi connectivity index (χ4n) is 2.68. The summed E-state index contributed by atoms with van der Waals surface area (Å²) >= 11 is 3.32. The van der Waals surface area contributed by atoms with Crippen molar-refractivity contribution >= 4 is 25.8 Å². The van der Waals surface area contributed by atoms with Crippen molar-refractivity contribution in [2.45, 2.75) is 31.2 Å². The van der Waals surface area contributed by atoms with Crippen molar-refractivity contribution in [1.82, 2.24) is 4.90 Å². The van der Waals surface area contributed by atoms with Gasteiger partial charge >= 0.3 is 0 Å². The predicted molar refractivity (Wildman–Crippen MR) is 89.0 cm³/mol. The van der Waals surface area contributed by atoms with Gasteiger partial charge in [0.15, 0.2) is 9.84 Å². The fraction of sp³-hybridized carbons (Fsp3) is 0.600. The Morgan fingerprint density at radius 2 is 1.95 bits per heavy atom. The number of halogens is 1. The van der Waals surface area contributed by atoms with Gasteiger partial charge in [0.2, 0.25) is 0 Å². The second kappa shape index (κ2) is 6.36. The SMILES string of the molecule is CC1(C)CN(CCS(=O)(=O)c2ccc(Br)cc2)CCC1N. The van der Waals surface area contributed by atoms with Crippen molar-refractivity contribution in [3.63, 3.8) is 0 Å². The van der Waals surface area contributed by atoms with Crippen LogP contribution in [0.2, 0.25) is 0 Å². The van der Waals surface area contributed by atoms with Gasteiger partial charge in [-0.2, -0.15) is 0 Å². The highest BCUT2D eigenvalue weighted by Gasteiger charge is 2.33. The molecule has 0 bridgehead atoms. The Hall–Kier alpha value is -0.430. The van der Waals surface area contributed by atoms with E-state index in [9.17, 15) is 8.42 Å². The van der Waals surface area contributed by atoms with E-state index in [0.29, 0.717) is 11.4 Å². The van der Waals surface area contributed by atoms with Gasteiger partial charge in [0.25, 0.3) is 0 Å². The number of piperidine rings is 1. The van der Waals surface area contributed by atoms with Crippen LogP contribution >= 0.6 is 15.9 Å². The van der Waals surface area contributed by atoms with E-state index in [-0.39, 0.29) is 17.2 Å². The van der Waals surface area contributed by atoms with Gasteiger partial charge in [0.05, 0.1) is 10.6 Å². The standard InChI is InChI=1S/C15H23BrN2O2S/c1-15(2)11-18(8-7-14(15)17)9-10-21(19,20)13-5-3-12(16)4-6-13/h3-6,14H,7-11,17H2,1-2H3. The molecule has 0 amide bonds. The lowest BCUT2D eigenvalue weighted by Gasteiger charge is -2.42. The Balaban J connectivity index is 1.98. The summed E-state index contributed by atoms with van der Waals surface area (Å²) in [5, 5.41) is 0. The monoisotopic (exact) mass is 374 g/mol. The van der Waals surface area contributed by atoms with Crippen LogP contribution in [0.1, 0.15) is 20.3 Å². The number of rotatable bonds is 4. The second-order valence-corrected chi connectivity index (χ2v) is 9.46. The zero-order valence-electron chi connectivity index (χ0n) is 12.5. The molecule has 118 valence electrons. The molecule has 1 aliphatic heterocycles. The average Bonchev–Trinajstić information content (AvgIpc) is 2.41. The molecule has 0 radical (unpaired) electrons. The summed E-state index contributed by atoms with van der Waals surface area (Å²) in [6, 6.07) is 7.01. The number of nitrogens with zero attached hydrogens (tertiary/aromatic N) is 1. The minimum Gasteiger partial charge on any atom is -0.327 e. The number of hydrogen-bond donors (Lipinski definition) is 1. The van der Waals surface area contributed by atoms with Crippen LogP contribution in [0.15, 0.2) is 33.6 Å². The molecule has 0 aliphatic carbocycles. The molecule has 6 heteroatoms. The number of nitrogens with two attached hydrogens (primary N) is 1. The lowest BCUT2D eigenvalue weighted by atomic mass is 9.80. The predicted octanol–water partition coefficient (Wildman–Crippen LogP) is 2.28. The van der Waals surface area contributed by atoms with Crippen molar-refractivity contribution in [3.05, 3.63) is 28.7 Å². The number of sulfone groups is 1. The van der Waals surface area contributed by atoms with E-state index < -0.39 is 9.84 Å². The molecule has 1 aliphatic rings. The lowest BCUT2D eigenvalue weighted by molar-refractivity contribution is 0.101. The molecule has 2 N–H and O–H groups in total. The largest absolute Gasteiger partial charge is 0.327 e. The average molecular weight is 375 g/mol. The molecule has 1 heterocycles. The first-order chi connectivity index (χ1) is 9.71. The van der Waals surface area contributed by atoms with Crippen LogP contribution in [-0.4, -0.2) is 44.7 Å². The van der Waals surface area contributed by atoms with Gasteiger partial charge in [-0.1, -0.05) is 29.8 Å². The van der Waals surface area contributed by atoms with Crippen LogP contribution in [0.4, 0.5) is 0 Å². The Labute approximate surface area is 135 Å². The van der Waals surface area contributed by atoms with Gasteiger partial charge in [-0.05, 0) is 42.6 Å². The Morgan fingerprint density at radius 1 is 1.33 bits per heavy atom. The van der Waals surface area contributed by atoms with Gasteiger partial charge in [0.1, 0.15) is 0 Å². The van der Waals surface area contributed by atoms with Crippen LogP contribution in [0.5, 0.6) is 0 Å². The van der Waals surface area contributed by atoms with Crippen LogP contribution in [0.25, 0.3) is 0 Å². The maximum absolute atomic E-state index is 12.3. The van der Waals surface area contributed by atoms with E-state index in [1.807, 2.05) is 0 Å². The van der Waals surface area contributed by atoms with E-state index in [4.69, 9.17) is 5.73 Å². The van der Waals surface area contributed by atoms with E-state index >= 15 is 0 Å². The third-order valence-corrected chi connectivity index (χ3v) is 6.48. The van der Waals surface area contributed by atoms with Crippen molar-refractivity contribution in [1.29, 1.82) is 0 Å². The van der Waals surface area contributed by atoms with Crippen LogP contribution in [0.3, 0.4) is 0 Å². The fourth-order valence-corrected chi connectivity index (χ4v) is 4.23. The molecule has 1 fully saturated rings. The van der Waals surface area contributed by atoms with Gasteiger partial charge in [-0.15, -0.1) is 0 Å². The highest BCUT2D eigenvalue weighted by molar-refractivity contribution is 9.10. The summed E-state index contributed by atoms with van der Waals surface area (Å²) in [7, 11) is -3.22. The molecule has 21 heavy (non-hydrogen) atoms. The molecular formula is C15H23BrN2O2S. The normalized spacial score (nSPS) is 23.1. The lowest BCUT2D eigenvalue weighted by Crippen LogP contribution is -2.53. The van der Waals surface area contributed by atoms with E-state index in [1.54, 1.807) is 24.3 Å². The third-order valence-electron chi connectivity index (χ3n) is 4.24. The number of benzene rings is 1. The molecule has 2 rings (SSSR count). The molecule has 1 aromatic carbocycles. The second-order valence-electron chi connectivity index (χ2n) is 6.43. The molecule has 0 aromatic heterocycles. The van der Waals surface area contributed by atoms with Crippen molar-refractivity contribution in [2.75, 3.05) is 25.4 Å². The maximum atomic E-state index is 12.3. The van der Waals surface area contributed by atoms with Gasteiger partial charge in [-0.25, -0.2) is 8.42 Å². The van der Waals surface area contributed by atoms with Crippen LogP contribution < -0.4 is 5.73 Å². The molecule has 1 aromatic rings. The van der Waals surface area contributed by atoms with Crippen LogP contribution in [0, 0.1) is 5.41 Å². The third kappa shape index (κ3) is 4.28. The molecule has 1 unspecified atom stereocenters. The van der Waals surface area contributed by atoms with Gasteiger partial charge in [-0.3, -0.25) is 0 Å². The van der Waals surface area contributed by atoms with E-state index in [2.05, 4.69) is 34.7 Å². The van der Waals surface area contributed by atoms with Gasteiger partial charge in [0, 0.05) is 23.6 Å². The molecule has 0 saturated carbocycles. The topological polar surface area (TPSA) is 63.4 Å². The Morgan fingerprint density at radius 3 is 2.52 bits per heavy atom. The Kier molecular flexibility index (Phi) is 5.13. The molecule has 1 saturated heterocycles. The number of hydrogen-bond acceptors (Lipinski definition) is 4. The zero-order valence-corrected chi connectivity index (χ0v) is 15.0. The maximum Gasteiger partial charge on any atom is 0.179 e. The number of likely N-dealkylation sites (tertiary alicyclic amines) is 1. The van der Waals surface area contributed by atoms with Crippen molar-refractivity contribution in [3.8, 4) is 0 Å². The highest BCUT2D eigenvalue weighted by Crippen LogP contribution is 2.27. The highest BCUT2D eigenvalue weighted by atomic mass is 79.9. The molecular weight excluding hydrogens is 352 g/mol. The molecule has 1 atom stereocenters. The first-order valence-electron chi connectivity index (χ1n) is 7.17. The summed E-state index contributed by atoms with van der Waals surface area (Å²) in [4.78, 5) is 2.60. The smallest absolute Gasteiger partial charge is 0.179 e.